The van der Waals surface area contributed by atoms with E-state index in [1.54, 1.807) is 18.2 Å². The highest BCUT2D eigenvalue weighted by Gasteiger charge is 2.20. The molecule has 1 aliphatic carbocycles. The van der Waals surface area contributed by atoms with Crippen molar-refractivity contribution in [3.05, 3.63) is 23.8 Å². The molecule has 5 heteroatoms. The molecule has 0 radical (unpaired) electrons. The summed E-state index contributed by atoms with van der Waals surface area (Å²) in [6, 6.07) is 5.08. The molecule has 0 atom stereocenters. The van der Waals surface area contributed by atoms with E-state index in [9.17, 15) is 4.79 Å². The zero-order valence-electron chi connectivity index (χ0n) is 13.5. The van der Waals surface area contributed by atoms with Gasteiger partial charge in [-0.2, -0.15) is 0 Å². The fourth-order valence-corrected chi connectivity index (χ4v) is 2.57. The standard InChI is InChI=1S/C17H26N2O3/c1-19(2)10-5-11-21-16-12-13(8-9-15(16)18)17(20)22-14-6-3-4-7-14/h8-9,12,14H,3-7,10-11,18H2,1-2H3. The van der Waals surface area contributed by atoms with Crippen LogP contribution in [0.1, 0.15) is 42.5 Å². The van der Waals surface area contributed by atoms with E-state index >= 15 is 0 Å². The zero-order chi connectivity index (χ0) is 15.9. The number of hydrogen-bond donors (Lipinski definition) is 1. The largest absolute Gasteiger partial charge is 0.491 e. The third-order valence-corrected chi connectivity index (χ3v) is 3.83. The minimum atomic E-state index is -0.287. The van der Waals surface area contributed by atoms with Gasteiger partial charge in [0.2, 0.25) is 0 Å². The van der Waals surface area contributed by atoms with Gasteiger partial charge in [-0.05, 0) is 64.4 Å². The molecule has 2 rings (SSSR count). The lowest BCUT2D eigenvalue weighted by molar-refractivity contribution is 0.0317. The smallest absolute Gasteiger partial charge is 0.338 e. The van der Waals surface area contributed by atoms with Crippen LogP contribution >= 0.6 is 0 Å². The molecule has 1 saturated carbocycles. The molecule has 0 heterocycles. The molecule has 122 valence electrons. The van der Waals surface area contributed by atoms with Gasteiger partial charge in [0.05, 0.1) is 17.9 Å². The van der Waals surface area contributed by atoms with Gasteiger partial charge >= 0.3 is 5.97 Å². The van der Waals surface area contributed by atoms with Crippen LogP contribution in [0, 0.1) is 0 Å². The Labute approximate surface area is 132 Å². The van der Waals surface area contributed by atoms with Crippen LogP contribution < -0.4 is 10.5 Å². The lowest BCUT2D eigenvalue weighted by atomic mass is 10.2. The first kappa shape index (κ1) is 16.6. The van der Waals surface area contributed by atoms with Crippen LogP contribution in [0.25, 0.3) is 0 Å². The summed E-state index contributed by atoms with van der Waals surface area (Å²) in [7, 11) is 4.04. The van der Waals surface area contributed by atoms with E-state index in [1.807, 2.05) is 14.1 Å². The van der Waals surface area contributed by atoms with Crippen LogP contribution in [0.4, 0.5) is 5.69 Å². The summed E-state index contributed by atoms with van der Waals surface area (Å²) in [4.78, 5) is 14.3. The summed E-state index contributed by atoms with van der Waals surface area (Å²) < 4.78 is 11.2. The monoisotopic (exact) mass is 306 g/mol. The van der Waals surface area contributed by atoms with Gasteiger partial charge in [-0.25, -0.2) is 4.79 Å². The average molecular weight is 306 g/mol. The fraction of sp³-hybridized carbons (Fsp3) is 0.588. The summed E-state index contributed by atoms with van der Waals surface area (Å²) in [5.74, 6) is 0.268. The number of benzene rings is 1. The van der Waals surface area contributed by atoms with Crippen LogP contribution in [-0.2, 0) is 4.74 Å². The van der Waals surface area contributed by atoms with E-state index in [0.717, 1.165) is 38.6 Å². The van der Waals surface area contributed by atoms with Crippen molar-refractivity contribution < 1.29 is 14.3 Å². The number of carbonyl (C=O) groups excluding carboxylic acids is 1. The molecule has 0 spiro atoms. The number of nitrogens with zero attached hydrogens (tertiary/aromatic N) is 1. The maximum atomic E-state index is 12.2. The summed E-state index contributed by atoms with van der Waals surface area (Å²) >= 11 is 0. The van der Waals surface area contributed by atoms with Crippen molar-refractivity contribution in [3.63, 3.8) is 0 Å². The molecule has 1 fully saturated rings. The number of rotatable bonds is 7. The summed E-state index contributed by atoms with van der Waals surface area (Å²) in [5.41, 5.74) is 6.95. The predicted molar refractivity (Wildman–Crippen MR) is 87.2 cm³/mol. The Morgan fingerprint density at radius 2 is 2.05 bits per heavy atom. The third kappa shape index (κ3) is 4.91. The molecule has 2 N–H and O–H groups in total. The van der Waals surface area contributed by atoms with Gasteiger partial charge in [0, 0.05) is 6.54 Å². The van der Waals surface area contributed by atoms with E-state index in [-0.39, 0.29) is 12.1 Å². The van der Waals surface area contributed by atoms with Crippen molar-refractivity contribution in [2.24, 2.45) is 0 Å². The Bertz CT molecular complexity index is 497. The lowest BCUT2D eigenvalue weighted by Gasteiger charge is -2.14. The molecule has 0 unspecified atom stereocenters. The first-order valence-electron chi connectivity index (χ1n) is 7.94. The summed E-state index contributed by atoms with van der Waals surface area (Å²) in [6.45, 7) is 1.52. The number of nitrogens with two attached hydrogens (primary N) is 1. The Morgan fingerprint density at radius 1 is 1.32 bits per heavy atom. The van der Waals surface area contributed by atoms with E-state index in [0.29, 0.717) is 23.6 Å². The number of esters is 1. The normalized spacial score (nSPS) is 15.2. The van der Waals surface area contributed by atoms with Crippen LogP contribution in [0.3, 0.4) is 0 Å². The first-order valence-corrected chi connectivity index (χ1v) is 7.94. The molecule has 0 bridgehead atoms. The Balaban J connectivity index is 1.91. The number of carbonyl (C=O) groups is 1. The highest BCUT2D eigenvalue weighted by atomic mass is 16.5. The average Bonchev–Trinajstić information content (AvgIpc) is 2.97. The van der Waals surface area contributed by atoms with Gasteiger partial charge in [0.1, 0.15) is 11.9 Å². The van der Waals surface area contributed by atoms with Gasteiger partial charge in [0.25, 0.3) is 0 Å². The van der Waals surface area contributed by atoms with E-state index < -0.39 is 0 Å². The SMILES string of the molecule is CN(C)CCCOc1cc(C(=O)OC2CCCC2)ccc1N. The number of hydrogen-bond acceptors (Lipinski definition) is 5. The van der Waals surface area contributed by atoms with Crippen molar-refractivity contribution in [2.75, 3.05) is 33.0 Å². The van der Waals surface area contributed by atoms with Gasteiger partial charge in [-0.1, -0.05) is 0 Å². The van der Waals surface area contributed by atoms with Gasteiger partial charge in [-0.3, -0.25) is 0 Å². The maximum Gasteiger partial charge on any atom is 0.338 e. The van der Waals surface area contributed by atoms with Crippen LogP contribution in [-0.4, -0.2) is 44.2 Å². The van der Waals surface area contributed by atoms with Crippen LogP contribution in [0.5, 0.6) is 5.75 Å². The molecule has 0 aliphatic heterocycles. The maximum absolute atomic E-state index is 12.2. The molecule has 0 aromatic heterocycles. The van der Waals surface area contributed by atoms with Crippen molar-refractivity contribution >= 4 is 11.7 Å². The highest BCUT2D eigenvalue weighted by Crippen LogP contribution is 2.26. The van der Waals surface area contributed by atoms with Crippen molar-refractivity contribution in [1.29, 1.82) is 0 Å². The zero-order valence-corrected chi connectivity index (χ0v) is 13.5. The molecule has 22 heavy (non-hydrogen) atoms. The molecule has 0 saturated heterocycles. The summed E-state index contributed by atoms with van der Waals surface area (Å²) in [5, 5.41) is 0. The quantitative estimate of drug-likeness (QED) is 0.477. The predicted octanol–water partition coefficient (Wildman–Crippen LogP) is 2.70. The molecule has 1 aromatic carbocycles. The molecular formula is C17H26N2O3. The van der Waals surface area contributed by atoms with Crippen molar-refractivity contribution in [2.45, 2.75) is 38.2 Å². The minimum Gasteiger partial charge on any atom is -0.491 e. The molecular weight excluding hydrogens is 280 g/mol. The van der Waals surface area contributed by atoms with Gasteiger partial charge in [0.15, 0.2) is 0 Å². The molecule has 1 aromatic rings. The molecule has 5 nitrogen and oxygen atoms in total. The third-order valence-electron chi connectivity index (χ3n) is 3.83. The number of ether oxygens (including phenoxy) is 2. The first-order chi connectivity index (χ1) is 10.6. The highest BCUT2D eigenvalue weighted by molar-refractivity contribution is 5.90. The lowest BCUT2D eigenvalue weighted by Crippen LogP contribution is -2.16. The summed E-state index contributed by atoms with van der Waals surface area (Å²) in [6.07, 6.45) is 5.18. The second-order valence-corrected chi connectivity index (χ2v) is 6.07. The fourth-order valence-electron chi connectivity index (χ4n) is 2.57. The second kappa shape index (κ2) is 8.03. The van der Waals surface area contributed by atoms with Crippen LogP contribution in [0.15, 0.2) is 18.2 Å². The second-order valence-electron chi connectivity index (χ2n) is 6.07. The Kier molecular flexibility index (Phi) is 6.07. The molecule has 1 aliphatic rings. The Hall–Kier alpha value is -1.75. The topological polar surface area (TPSA) is 64.8 Å². The van der Waals surface area contributed by atoms with Gasteiger partial charge in [-0.15, -0.1) is 0 Å². The minimum absolute atomic E-state index is 0.0644. The van der Waals surface area contributed by atoms with E-state index in [4.69, 9.17) is 15.2 Å². The van der Waals surface area contributed by atoms with Crippen molar-refractivity contribution in [1.82, 2.24) is 4.90 Å². The Morgan fingerprint density at radius 3 is 2.73 bits per heavy atom. The van der Waals surface area contributed by atoms with Gasteiger partial charge < -0.3 is 20.1 Å². The van der Waals surface area contributed by atoms with Crippen molar-refractivity contribution in [3.8, 4) is 5.75 Å². The van der Waals surface area contributed by atoms with Crippen LogP contribution in [0.2, 0.25) is 0 Å². The molecule has 0 amide bonds. The van der Waals surface area contributed by atoms with E-state index in [1.165, 1.54) is 0 Å². The number of nitrogen functional groups attached to an aromatic ring is 1. The number of anilines is 1. The van der Waals surface area contributed by atoms with E-state index in [2.05, 4.69) is 4.90 Å².